The number of hydrogen-bond acceptors (Lipinski definition) is 4. The lowest BCUT2D eigenvalue weighted by atomic mass is 10.2. The van der Waals surface area contributed by atoms with Crippen LogP contribution in [0.3, 0.4) is 0 Å². The Labute approximate surface area is 121 Å². The van der Waals surface area contributed by atoms with E-state index in [1.165, 1.54) is 6.07 Å². The van der Waals surface area contributed by atoms with Gasteiger partial charge in [0.2, 0.25) is 11.6 Å². The van der Waals surface area contributed by atoms with Crippen LogP contribution in [0.4, 0.5) is 5.69 Å². The van der Waals surface area contributed by atoms with Gasteiger partial charge in [-0.2, -0.15) is 0 Å². The van der Waals surface area contributed by atoms with Crippen LogP contribution in [-0.2, 0) is 5.88 Å². The number of halogens is 1. The first-order valence-electron chi connectivity index (χ1n) is 5.95. The summed E-state index contributed by atoms with van der Waals surface area (Å²) >= 11 is 5.73. The van der Waals surface area contributed by atoms with Crippen molar-refractivity contribution in [2.45, 2.75) is 19.7 Å². The highest BCUT2D eigenvalue weighted by molar-refractivity contribution is 6.17. The summed E-state index contributed by atoms with van der Waals surface area (Å²) in [7, 11) is 0. The molecule has 1 aromatic carbocycles. The van der Waals surface area contributed by atoms with Gasteiger partial charge in [0.15, 0.2) is 0 Å². The van der Waals surface area contributed by atoms with E-state index < -0.39 is 4.92 Å². The van der Waals surface area contributed by atoms with Gasteiger partial charge in [0.05, 0.1) is 4.92 Å². The van der Waals surface area contributed by atoms with E-state index in [1.54, 1.807) is 18.3 Å². The Morgan fingerprint density at radius 2 is 2.10 bits per heavy atom. The minimum atomic E-state index is -0.475. The molecule has 0 N–H and O–H groups in total. The van der Waals surface area contributed by atoms with Crippen molar-refractivity contribution in [3.63, 3.8) is 0 Å². The predicted octanol–water partition coefficient (Wildman–Crippen LogP) is 4.14. The maximum atomic E-state index is 11.0. The van der Waals surface area contributed by atoms with Gasteiger partial charge in [0.1, 0.15) is 0 Å². The molecule has 0 saturated carbocycles. The molecule has 2 aromatic rings. The summed E-state index contributed by atoms with van der Waals surface area (Å²) in [6, 6.07) is 6.56. The molecule has 20 heavy (non-hydrogen) atoms. The summed E-state index contributed by atoms with van der Waals surface area (Å²) in [5.41, 5.74) is 2.44. The van der Waals surface area contributed by atoms with Crippen LogP contribution < -0.4 is 4.74 Å². The molecule has 5 nitrogen and oxygen atoms in total. The molecule has 0 fully saturated rings. The average Bonchev–Trinajstić information content (AvgIpc) is 2.40. The third kappa shape index (κ3) is 3.05. The fourth-order valence-electron chi connectivity index (χ4n) is 1.76. The molecule has 0 spiro atoms. The molecular formula is C14H13ClN2O3. The zero-order valence-corrected chi connectivity index (χ0v) is 11.8. The van der Waals surface area contributed by atoms with Gasteiger partial charge in [0.25, 0.3) is 0 Å². The lowest BCUT2D eigenvalue weighted by Crippen LogP contribution is -1.97. The molecule has 0 amide bonds. The van der Waals surface area contributed by atoms with E-state index in [-0.39, 0.29) is 11.4 Å². The molecule has 0 atom stereocenters. The minimum absolute atomic E-state index is 0.0850. The van der Waals surface area contributed by atoms with Gasteiger partial charge in [-0.15, -0.1) is 11.6 Å². The number of alkyl halides is 1. The van der Waals surface area contributed by atoms with Crippen molar-refractivity contribution in [2.75, 3.05) is 0 Å². The van der Waals surface area contributed by atoms with Crippen LogP contribution >= 0.6 is 11.6 Å². The molecule has 6 heteroatoms. The summed E-state index contributed by atoms with van der Waals surface area (Å²) in [6.45, 7) is 3.66. The van der Waals surface area contributed by atoms with Crippen LogP contribution in [0, 0.1) is 24.0 Å². The van der Waals surface area contributed by atoms with Crippen LogP contribution in [0.15, 0.2) is 30.5 Å². The SMILES string of the molecule is Cc1ccc([N+](=O)[O-])c(Oc2ncc(CCl)cc2C)c1. The van der Waals surface area contributed by atoms with E-state index in [1.807, 2.05) is 19.9 Å². The smallest absolute Gasteiger partial charge is 0.311 e. The molecule has 104 valence electrons. The quantitative estimate of drug-likeness (QED) is 0.482. The number of nitrogens with zero attached hydrogens (tertiary/aromatic N) is 2. The number of hydrogen-bond donors (Lipinski definition) is 0. The van der Waals surface area contributed by atoms with Gasteiger partial charge in [-0.3, -0.25) is 10.1 Å². The van der Waals surface area contributed by atoms with Crippen LogP contribution in [-0.4, -0.2) is 9.91 Å². The Balaban J connectivity index is 2.39. The minimum Gasteiger partial charge on any atom is -0.432 e. The highest BCUT2D eigenvalue weighted by Crippen LogP contribution is 2.32. The topological polar surface area (TPSA) is 65.3 Å². The molecule has 0 unspecified atom stereocenters. The van der Waals surface area contributed by atoms with E-state index in [0.717, 1.165) is 16.7 Å². The van der Waals surface area contributed by atoms with Crippen LogP contribution in [0.2, 0.25) is 0 Å². The lowest BCUT2D eigenvalue weighted by Gasteiger charge is -2.09. The standard InChI is InChI=1S/C14H13ClN2O3/c1-9-3-4-12(17(18)19)13(5-9)20-14-10(2)6-11(7-15)8-16-14/h3-6,8H,7H2,1-2H3. The highest BCUT2D eigenvalue weighted by Gasteiger charge is 2.17. The van der Waals surface area contributed by atoms with Crippen molar-refractivity contribution in [2.24, 2.45) is 0 Å². The van der Waals surface area contributed by atoms with Gasteiger partial charge in [-0.25, -0.2) is 4.98 Å². The summed E-state index contributed by atoms with van der Waals surface area (Å²) in [5.74, 6) is 0.885. The van der Waals surface area contributed by atoms with E-state index in [2.05, 4.69) is 4.98 Å². The third-order valence-corrected chi connectivity index (χ3v) is 3.07. The largest absolute Gasteiger partial charge is 0.432 e. The Bertz CT molecular complexity index is 659. The molecule has 0 radical (unpaired) electrons. The fraction of sp³-hybridized carbons (Fsp3) is 0.214. The number of pyridine rings is 1. The zero-order valence-electron chi connectivity index (χ0n) is 11.1. The lowest BCUT2D eigenvalue weighted by molar-refractivity contribution is -0.385. The number of aryl methyl sites for hydroxylation is 2. The summed E-state index contributed by atoms with van der Waals surface area (Å²) < 4.78 is 5.59. The van der Waals surface area contributed by atoms with Gasteiger partial charge in [-0.05, 0) is 37.1 Å². The van der Waals surface area contributed by atoms with Gasteiger partial charge in [0, 0.05) is 23.7 Å². The van der Waals surface area contributed by atoms with Crippen molar-refractivity contribution < 1.29 is 9.66 Å². The normalized spacial score (nSPS) is 10.3. The molecule has 1 aromatic heterocycles. The van der Waals surface area contributed by atoms with E-state index >= 15 is 0 Å². The molecule has 0 bridgehead atoms. The predicted molar refractivity (Wildman–Crippen MR) is 76.4 cm³/mol. The number of benzene rings is 1. The number of nitro groups is 1. The maximum Gasteiger partial charge on any atom is 0.311 e. The van der Waals surface area contributed by atoms with Crippen LogP contribution in [0.25, 0.3) is 0 Å². The molecule has 0 aliphatic carbocycles. The second-order valence-corrected chi connectivity index (χ2v) is 4.70. The van der Waals surface area contributed by atoms with E-state index in [0.29, 0.717) is 11.8 Å². The van der Waals surface area contributed by atoms with Crippen LogP contribution in [0.5, 0.6) is 11.6 Å². The van der Waals surface area contributed by atoms with Gasteiger partial charge in [-0.1, -0.05) is 6.07 Å². The Kier molecular flexibility index (Phi) is 4.20. The third-order valence-electron chi connectivity index (χ3n) is 2.76. The second kappa shape index (κ2) is 5.88. The molecule has 1 heterocycles. The second-order valence-electron chi connectivity index (χ2n) is 4.43. The summed E-state index contributed by atoms with van der Waals surface area (Å²) in [5, 5.41) is 11.0. The van der Waals surface area contributed by atoms with Crippen molar-refractivity contribution in [3.8, 4) is 11.6 Å². The molecule has 0 saturated heterocycles. The Morgan fingerprint density at radius 3 is 2.70 bits per heavy atom. The molecule has 0 aliphatic rings. The number of rotatable bonds is 4. The summed E-state index contributed by atoms with van der Waals surface area (Å²) in [6.07, 6.45) is 1.59. The zero-order chi connectivity index (χ0) is 14.7. The number of aromatic nitrogens is 1. The van der Waals surface area contributed by atoms with Crippen molar-refractivity contribution in [1.82, 2.24) is 4.98 Å². The highest BCUT2D eigenvalue weighted by atomic mass is 35.5. The average molecular weight is 293 g/mol. The van der Waals surface area contributed by atoms with E-state index in [4.69, 9.17) is 16.3 Å². The van der Waals surface area contributed by atoms with Gasteiger partial charge < -0.3 is 4.74 Å². The Hall–Kier alpha value is -2.14. The van der Waals surface area contributed by atoms with Crippen molar-refractivity contribution in [1.29, 1.82) is 0 Å². The molecule has 0 aliphatic heterocycles. The number of nitro benzene ring substituents is 1. The first-order valence-corrected chi connectivity index (χ1v) is 6.49. The Morgan fingerprint density at radius 1 is 1.35 bits per heavy atom. The maximum absolute atomic E-state index is 11.0. The molecular weight excluding hydrogens is 280 g/mol. The monoisotopic (exact) mass is 292 g/mol. The van der Waals surface area contributed by atoms with E-state index in [9.17, 15) is 10.1 Å². The number of ether oxygens (including phenoxy) is 1. The first-order chi connectivity index (χ1) is 9.51. The first kappa shape index (κ1) is 14.3. The fourth-order valence-corrected chi connectivity index (χ4v) is 1.90. The van der Waals surface area contributed by atoms with Gasteiger partial charge >= 0.3 is 5.69 Å². The summed E-state index contributed by atoms with van der Waals surface area (Å²) in [4.78, 5) is 14.7. The van der Waals surface area contributed by atoms with Crippen molar-refractivity contribution >= 4 is 17.3 Å². The van der Waals surface area contributed by atoms with Crippen LogP contribution in [0.1, 0.15) is 16.7 Å². The molecule has 2 rings (SSSR count). The van der Waals surface area contributed by atoms with Crippen molar-refractivity contribution in [3.05, 3.63) is 57.3 Å².